The molecule has 0 saturated carbocycles. The van der Waals surface area contributed by atoms with Crippen LogP contribution in [0.5, 0.6) is 0 Å². The number of fused-ring (bicyclic) bond motifs is 1. The van der Waals surface area contributed by atoms with E-state index in [1.165, 1.54) is 63.0 Å². The van der Waals surface area contributed by atoms with Gasteiger partial charge >= 0.3 is 0 Å². The van der Waals surface area contributed by atoms with Gasteiger partial charge in [-0.05, 0) is 68.3 Å². The van der Waals surface area contributed by atoms with Crippen LogP contribution in [-0.4, -0.2) is 26.7 Å². The first-order chi connectivity index (χ1) is 8.83. The Morgan fingerprint density at radius 1 is 1.39 bits per heavy atom. The third-order valence-corrected chi connectivity index (χ3v) is 4.51. The summed E-state index contributed by atoms with van der Waals surface area (Å²) >= 11 is 0. The third kappa shape index (κ3) is 2.54. The molecule has 2 heteroatoms. The molecule has 2 nitrogen and oxygen atoms in total. The largest absolute Gasteiger partial charge is 0.374 e. The van der Waals surface area contributed by atoms with Gasteiger partial charge < -0.3 is 10.2 Å². The summed E-state index contributed by atoms with van der Waals surface area (Å²) in [6, 6.07) is 7.09. The van der Waals surface area contributed by atoms with Crippen LogP contribution in [0.1, 0.15) is 30.4 Å². The normalized spacial score (nSPS) is 23.2. The quantitative estimate of drug-likeness (QED) is 0.879. The summed E-state index contributed by atoms with van der Waals surface area (Å²) in [5.74, 6) is 0.898. The SMILES string of the molecule is CN1CCc2cc(CCC3CCCNC3)ccc21. The van der Waals surface area contributed by atoms with Crippen LogP contribution in [0.25, 0.3) is 0 Å². The van der Waals surface area contributed by atoms with Gasteiger partial charge in [0, 0.05) is 19.3 Å². The molecule has 98 valence electrons. The van der Waals surface area contributed by atoms with E-state index in [4.69, 9.17) is 0 Å². The number of likely N-dealkylation sites (N-methyl/N-ethyl adjacent to an activating group) is 1. The Kier molecular flexibility index (Phi) is 3.55. The van der Waals surface area contributed by atoms with Crippen molar-refractivity contribution in [2.45, 2.75) is 32.1 Å². The lowest BCUT2D eigenvalue weighted by molar-refractivity contribution is 0.358. The topological polar surface area (TPSA) is 15.3 Å². The summed E-state index contributed by atoms with van der Waals surface area (Å²) in [5.41, 5.74) is 4.53. The number of nitrogens with zero attached hydrogens (tertiary/aromatic N) is 1. The molecule has 0 radical (unpaired) electrons. The highest BCUT2D eigenvalue weighted by molar-refractivity contribution is 5.58. The van der Waals surface area contributed by atoms with Crippen molar-refractivity contribution in [2.75, 3.05) is 31.6 Å². The molecule has 2 aliphatic heterocycles. The van der Waals surface area contributed by atoms with Crippen molar-refractivity contribution in [3.63, 3.8) is 0 Å². The van der Waals surface area contributed by atoms with Gasteiger partial charge in [0.1, 0.15) is 0 Å². The Labute approximate surface area is 110 Å². The summed E-state index contributed by atoms with van der Waals surface area (Å²) in [6.45, 7) is 3.64. The molecular formula is C16H24N2. The van der Waals surface area contributed by atoms with Gasteiger partial charge in [-0.2, -0.15) is 0 Å². The molecule has 1 N–H and O–H groups in total. The number of hydrogen-bond donors (Lipinski definition) is 1. The van der Waals surface area contributed by atoms with Gasteiger partial charge in [-0.3, -0.25) is 0 Å². The molecule has 1 unspecified atom stereocenters. The van der Waals surface area contributed by atoms with Crippen LogP contribution < -0.4 is 10.2 Å². The van der Waals surface area contributed by atoms with Crippen LogP contribution in [0.15, 0.2) is 18.2 Å². The van der Waals surface area contributed by atoms with E-state index in [0.717, 1.165) is 5.92 Å². The van der Waals surface area contributed by atoms with Crippen molar-refractivity contribution in [1.29, 1.82) is 0 Å². The Morgan fingerprint density at radius 3 is 3.17 bits per heavy atom. The first-order valence-corrected chi connectivity index (χ1v) is 7.36. The van der Waals surface area contributed by atoms with E-state index in [1.807, 2.05) is 0 Å². The number of benzene rings is 1. The molecule has 2 aliphatic rings. The summed E-state index contributed by atoms with van der Waals surface area (Å²) in [7, 11) is 2.19. The predicted molar refractivity (Wildman–Crippen MR) is 77.3 cm³/mol. The van der Waals surface area contributed by atoms with Gasteiger partial charge in [0.25, 0.3) is 0 Å². The molecule has 0 bridgehead atoms. The number of piperidine rings is 1. The summed E-state index contributed by atoms with van der Waals surface area (Å²) in [5, 5.41) is 3.51. The van der Waals surface area contributed by atoms with Crippen molar-refractivity contribution in [3.8, 4) is 0 Å². The minimum absolute atomic E-state index is 0.898. The fourth-order valence-electron chi connectivity index (χ4n) is 3.32. The molecular weight excluding hydrogens is 220 g/mol. The van der Waals surface area contributed by atoms with E-state index in [9.17, 15) is 0 Å². The first-order valence-electron chi connectivity index (χ1n) is 7.36. The maximum atomic E-state index is 3.51. The zero-order valence-corrected chi connectivity index (χ0v) is 11.4. The first kappa shape index (κ1) is 12.0. The Hall–Kier alpha value is -1.02. The number of aryl methyl sites for hydroxylation is 1. The molecule has 3 rings (SSSR count). The second-order valence-electron chi connectivity index (χ2n) is 5.89. The Bertz CT molecular complexity index is 408. The summed E-state index contributed by atoms with van der Waals surface area (Å²) in [6.07, 6.45) is 6.61. The Morgan fingerprint density at radius 2 is 2.33 bits per heavy atom. The van der Waals surface area contributed by atoms with Gasteiger partial charge in [-0.15, -0.1) is 0 Å². The van der Waals surface area contributed by atoms with Crippen molar-refractivity contribution >= 4 is 5.69 Å². The maximum absolute atomic E-state index is 3.51. The van der Waals surface area contributed by atoms with Crippen LogP contribution in [0.3, 0.4) is 0 Å². The van der Waals surface area contributed by atoms with Gasteiger partial charge in [-0.1, -0.05) is 12.1 Å². The number of anilines is 1. The molecule has 1 atom stereocenters. The van der Waals surface area contributed by atoms with E-state index >= 15 is 0 Å². The molecule has 0 spiro atoms. The molecule has 1 aromatic rings. The van der Waals surface area contributed by atoms with Crippen molar-refractivity contribution in [1.82, 2.24) is 5.32 Å². The van der Waals surface area contributed by atoms with Crippen LogP contribution in [-0.2, 0) is 12.8 Å². The fourth-order valence-corrected chi connectivity index (χ4v) is 3.32. The zero-order chi connectivity index (χ0) is 12.4. The Balaban J connectivity index is 1.60. The second-order valence-corrected chi connectivity index (χ2v) is 5.89. The molecule has 0 amide bonds. The molecule has 2 heterocycles. The standard InChI is InChI=1S/C16H24N2/c1-18-10-8-15-11-13(6-7-16(15)18)4-5-14-3-2-9-17-12-14/h6-7,11,14,17H,2-5,8-10,12H2,1H3. The van der Waals surface area contributed by atoms with E-state index in [1.54, 1.807) is 5.56 Å². The maximum Gasteiger partial charge on any atom is 0.0397 e. The zero-order valence-electron chi connectivity index (χ0n) is 11.4. The third-order valence-electron chi connectivity index (χ3n) is 4.51. The molecule has 1 saturated heterocycles. The van der Waals surface area contributed by atoms with Crippen LogP contribution in [0.4, 0.5) is 5.69 Å². The van der Waals surface area contributed by atoms with E-state index in [2.05, 4.69) is 35.5 Å². The van der Waals surface area contributed by atoms with E-state index in [0.29, 0.717) is 0 Å². The molecule has 1 aromatic carbocycles. The summed E-state index contributed by atoms with van der Waals surface area (Å²) in [4.78, 5) is 2.37. The highest BCUT2D eigenvalue weighted by atomic mass is 15.1. The van der Waals surface area contributed by atoms with E-state index < -0.39 is 0 Å². The van der Waals surface area contributed by atoms with Crippen molar-refractivity contribution in [2.24, 2.45) is 5.92 Å². The lowest BCUT2D eigenvalue weighted by atomic mass is 9.92. The lowest BCUT2D eigenvalue weighted by Crippen LogP contribution is -2.29. The minimum atomic E-state index is 0.898. The van der Waals surface area contributed by atoms with Gasteiger partial charge in [0.05, 0.1) is 0 Å². The smallest absolute Gasteiger partial charge is 0.0397 e. The lowest BCUT2D eigenvalue weighted by Gasteiger charge is -2.22. The molecule has 18 heavy (non-hydrogen) atoms. The average Bonchev–Trinajstić information content (AvgIpc) is 2.79. The van der Waals surface area contributed by atoms with Crippen LogP contribution in [0, 0.1) is 5.92 Å². The van der Waals surface area contributed by atoms with Gasteiger partial charge in [0.2, 0.25) is 0 Å². The van der Waals surface area contributed by atoms with Crippen LogP contribution in [0.2, 0.25) is 0 Å². The predicted octanol–water partition coefficient (Wildman–Crippen LogP) is 2.61. The monoisotopic (exact) mass is 244 g/mol. The summed E-state index contributed by atoms with van der Waals surface area (Å²) < 4.78 is 0. The number of nitrogens with one attached hydrogen (secondary N) is 1. The number of hydrogen-bond acceptors (Lipinski definition) is 2. The van der Waals surface area contributed by atoms with Gasteiger partial charge in [-0.25, -0.2) is 0 Å². The highest BCUT2D eigenvalue weighted by Gasteiger charge is 2.16. The molecule has 0 aliphatic carbocycles. The second kappa shape index (κ2) is 5.31. The minimum Gasteiger partial charge on any atom is -0.374 e. The fraction of sp³-hybridized carbons (Fsp3) is 0.625. The molecule has 1 fully saturated rings. The highest BCUT2D eigenvalue weighted by Crippen LogP contribution is 2.28. The van der Waals surface area contributed by atoms with Gasteiger partial charge in [0.15, 0.2) is 0 Å². The van der Waals surface area contributed by atoms with Crippen LogP contribution >= 0.6 is 0 Å². The molecule has 0 aromatic heterocycles. The average molecular weight is 244 g/mol. The van der Waals surface area contributed by atoms with E-state index in [-0.39, 0.29) is 0 Å². The number of rotatable bonds is 3. The van der Waals surface area contributed by atoms with Crippen molar-refractivity contribution in [3.05, 3.63) is 29.3 Å². The van der Waals surface area contributed by atoms with Crippen molar-refractivity contribution < 1.29 is 0 Å².